The number of halogens is 2. The minimum atomic E-state index is -0.979. The summed E-state index contributed by atoms with van der Waals surface area (Å²) in [6, 6.07) is 13.5. The molecule has 1 unspecified atom stereocenters. The number of amides is 1. The van der Waals surface area contributed by atoms with Crippen LogP contribution < -0.4 is 9.64 Å². The number of aryl methyl sites for hydroxylation is 1. The van der Waals surface area contributed by atoms with E-state index in [9.17, 15) is 14.7 Å². The van der Waals surface area contributed by atoms with Crippen molar-refractivity contribution in [1.82, 2.24) is 0 Å². The minimum absolute atomic E-state index is 0.111. The van der Waals surface area contributed by atoms with Gasteiger partial charge in [0.2, 0.25) is 0 Å². The molecule has 1 aliphatic heterocycles. The number of carbonyl (C=O) groups is 2. The van der Waals surface area contributed by atoms with Crippen molar-refractivity contribution < 1.29 is 23.8 Å². The first kappa shape index (κ1) is 21.0. The van der Waals surface area contributed by atoms with Crippen LogP contribution in [0.4, 0.5) is 5.69 Å². The zero-order valence-electron chi connectivity index (χ0n) is 16.6. The highest BCUT2D eigenvalue weighted by Crippen LogP contribution is 2.43. The molecule has 158 valence electrons. The van der Waals surface area contributed by atoms with Gasteiger partial charge in [-0.3, -0.25) is 14.5 Å². The maximum absolute atomic E-state index is 13.0. The number of anilines is 1. The van der Waals surface area contributed by atoms with Gasteiger partial charge in [-0.25, -0.2) is 0 Å². The number of nitrogens with zero attached hydrogens (tertiary/aromatic N) is 1. The zero-order valence-corrected chi connectivity index (χ0v) is 18.1. The molecule has 4 rings (SSSR count). The molecule has 1 saturated heterocycles. The Hall–Kier alpha value is -3.22. The quantitative estimate of drug-likeness (QED) is 0.316. The molecule has 1 N–H and O–H groups in total. The summed E-state index contributed by atoms with van der Waals surface area (Å²) >= 11 is 12.3. The number of ketones is 1. The summed E-state index contributed by atoms with van der Waals surface area (Å²) in [5.74, 6) is -0.676. The molecule has 31 heavy (non-hydrogen) atoms. The van der Waals surface area contributed by atoms with E-state index in [0.29, 0.717) is 28.0 Å². The van der Waals surface area contributed by atoms with E-state index in [4.69, 9.17) is 32.4 Å². The Morgan fingerprint density at radius 2 is 1.87 bits per heavy atom. The SMILES string of the molecule is COc1ccc(/C(O)=C2/C(=O)C(=O)N(c3cccc(Cl)c3)C2c2ccc(C)o2)cc1Cl. The van der Waals surface area contributed by atoms with Crippen molar-refractivity contribution in [2.24, 2.45) is 0 Å². The van der Waals surface area contributed by atoms with Crippen LogP contribution in [0.1, 0.15) is 23.1 Å². The largest absolute Gasteiger partial charge is 0.507 e. The first-order valence-corrected chi connectivity index (χ1v) is 10.0. The Balaban J connectivity index is 1.93. The second-order valence-corrected chi connectivity index (χ2v) is 7.79. The van der Waals surface area contributed by atoms with Gasteiger partial charge in [-0.1, -0.05) is 29.3 Å². The fourth-order valence-electron chi connectivity index (χ4n) is 3.56. The Bertz CT molecular complexity index is 1230. The number of hydrogen-bond donors (Lipinski definition) is 1. The van der Waals surface area contributed by atoms with Crippen LogP contribution in [-0.2, 0) is 9.59 Å². The van der Waals surface area contributed by atoms with Crippen LogP contribution in [-0.4, -0.2) is 23.9 Å². The molecule has 2 aromatic carbocycles. The molecule has 8 heteroatoms. The van der Waals surface area contributed by atoms with Gasteiger partial charge in [0, 0.05) is 16.3 Å². The van der Waals surface area contributed by atoms with E-state index >= 15 is 0 Å². The van der Waals surface area contributed by atoms with E-state index in [1.54, 1.807) is 55.5 Å². The molecule has 0 saturated carbocycles. The standard InChI is InChI=1S/C23H17Cl2NO5/c1-12-6-8-18(31-12)20-19(21(27)13-7-9-17(30-2)16(25)10-13)22(28)23(29)26(20)15-5-3-4-14(24)11-15/h3-11,20,27H,1-2H3/b21-19-. The number of benzene rings is 2. The molecule has 1 aliphatic rings. The van der Waals surface area contributed by atoms with Crippen molar-refractivity contribution in [1.29, 1.82) is 0 Å². The second kappa shape index (κ2) is 8.13. The van der Waals surface area contributed by atoms with Crippen molar-refractivity contribution in [3.63, 3.8) is 0 Å². The molecule has 1 atom stereocenters. The lowest BCUT2D eigenvalue weighted by Crippen LogP contribution is -2.29. The average molecular weight is 458 g/mol. The molecule has 1 amide bonds. The summed E-state index contributed by atoms with van der Waals surface area (Å²) in [6.45, 7) is 1.75. The van der Waals surface area contributed by atoms with Gasteiger partial charge in [-0.05, 0) is 55.5 Å². The number of hydrogen-bond acceptors (Lipinski definition) is 5. The van der Waals surface area contributed by atoms with Crippen LogP contribution in [0.2, 0.25) is 10.0 Å². The predicted molar refractivity (Wildman–Crippen MR) is 118 cm³/mol. The molecule has 0 bridgehead atoms. The third-order valence-corrected chi connectivity index (χ3v) is 5.52. The lowest BCUT2D eigenvalue weighted by molar-refractivity contribution is -0.132. The van der Waals surface area contributed by atoms with E-state index < -0.39 is 17.7 Å². The summed E-state index contributed by atoms with van der Waals surface area (Å²) in [5.41, 5.74) is 0.559. The van der Waals surface area contributed by atoms with Gasteiger partial charge in [-0.2, -0.15) is 0 Å². The van der Waals surface area contributed by atoms with E-state index in [0.717, 1.165) is 0 Å². The Labute approximate surface area is 188 Å². The summed E-state index contributed by atoms with van der Waals surface area (Å²) in [4.78, 5) is 27.3. The fraction of sp³-hybridized carbons (Fsp3) is 0.130. The molecule has 0 aliphatic carbocycles. The van der Waals surface area contributed by atoms with Crippen LogP contribution >= 0.6 is 23.2 Å². The number of aliphatic hydroxyl groups is 1. The molecular weight excluding hydrogens is 441 g/mol. The van der Waals surface area contributed by atoms with Crippen molar-refractivity contribution in [3.8, 4) is 5.75 Å². The molecule has 1 aromatic heterocycles. The van der Waals surface area contributed by atoms with Crippen molar-refractivity contribution >= 4 is 46.3 Å². The molecule has 6 nitrogen and oxygen atoms in total. The topological polar surface area (TPSA) is 80.0 Å². The lowest BCUT2D eigenvalue weighted by atomic mass is 9.99. The van der Waals surface area contributed by atoms with Gasteiger partial charge in [0.05, 0.1) is 17.7 Å². The Morgan fingerprint density at radius 1 is 1.10 bits per heavy atom. The highest BCUT2D eigenvalue weighted by molar-refractivity contribution is 6.51. The van der Waals surface area contributed by atoms with E-state index in [1.165, 1.54) is 18.1 Å². The third-order valence-electron chi connectivity index (χ3n) is 4.99. The van der Waals surface area contributed by atoms with E-state index in [2.05, 4.69) is 0 Å². The zero-order chi connectivity index (χ0) is 22.3. The minimum Gasteiger partial charge on any atom is -0.507 e. The maximum atomic E-state index is 13.0. The Kier molecular flexibility index (Phi) is 5.52. The van der Waals surface area contributed by atoms with Gasteiger partial charge < -0.3 is 14.3 Å². The first-order chi connectivity index (χ1) is 14.8. The normalized spacial score (nSPS) is 17.9. The highest BCUT2D eigenvalue weighted by atomic mass is 35.5. The number of ether oxygens (including phenoxy) is 1. The summed E-state index contributed by atoms with van der Waals surface area (Å²) in [7, 11) is 1.47. The lowest BCUT2D eigenvalue weighted by Gasteiger charge is -2.23. The van der Waals surface area contributed by atoms with Crippen LogP contribution in [0, 0.1) is 6.92 Å². The first-order valence-electron chi connectivity index (χ1n) is 9.28. The van der Waals surface area contributed by atoms with Gasteiger partial charge >= 0.3 is 0 Å². The fourth-order valence-corrected chi connectivity index (χ4v) is 4.01. The van der Waals surface area contributed by atoms with E-state index in [1.807, 2.05) is 0 Å². The van der Waals surface area contributed by atoms with Crippen molar-refractivity contribution in [3.05, 3.63) is 87.3 Å². The van der Waals surface area contributed by atoms with Crippen LogP contribution in [0.3, 0.4) is 0 Å². The molecule has 0 spiro atoms. The monoisotopic (exact) mass is 457 g/mol. The van der Waals surface area contributed by atoms with Crippen molar-refractivity contribution in [2.75, 3.05) is 12.0 Å². The van der Waals surface area contributed by atoms with Crippen LogP contribution in [0.25, 0.3) is 5.76 Å². The Morgan fingerprint density at radius 3 is 2.48 bits per heavy atom. The van der Waals surface area contributed by atoms with Crippen LogP contribution in [0.15, 0.2) is 64.6 Å². The van der Waals surface area contributed by atoms with Gasteiger partial charge in [-0.15, -0.1) is 0 Å². The smallest absolute Gasteiger partial charge is 0.300 e. The number of rotatable bonds is 4. The average Bonchev–Trinajstić information content (AvgIpc) is 3.28. The maximum Gasteiger partial charge on any atom is 0.300 e. The number of Topliss-reactive ketones (excluding diaryl/α,β-unsaturated/α-hetero) is 1. The van der Waals surface area contributed by atoms with Crippen LogP contribution in [0.5, 0.6) is 5.75 Å². The highest BCUT2D eigenvalue weighted by Gasteiger charge is 2.48. The van der Waals surface area contributed by atoms with Gasteiger partial charge in [0.1, 0.15) is 29.1 Å². The number of methoxy groups -OCH3 is 1. The molecule has 2 heterocycles. The van der Waals surface area contributed by atoms with E-state index in [-0.39, 0.29) is 21.9 Å². The third kappa shape index (κ3) is 3.69. The summed E-state index contributed by atoms with van der Waals surface area (Å²) in [5, 5.41) is 11.7. The van der Waals surface area contributed by atoms with Gasteiger partial charge in [0.25, 0.3) is 11.7 Å². The second-order valence-electron chi connectivity index (χ2n) is 6.95. The summed E-state index contributed by atoms with van der Waals surface area (Å²) < 4.78 is 10.9. The molecule has 3 aromatic rings. The summed E-state index contributed by atoms with van der Waals surface area (Å²) in [6.07, 6.45) is 0. The number of furan rings is 1. The number of aliphatic hydroxyl groups excluding tert-OH is 1. The number of carbonyl (C=O) groups excluding carboxylic acids is 2. The molecule has 0 radical (unpaired) electrons. The molecular formula is C23H17Cl2NO5. The van der Waals surface area contributed by atoms with Gasteiger partial charge in [0.15, 0.2) is 0 Å². The predicted octanol–water partition coefficient (Wildman–Crippen LogP) is 5.53. The molecule has 1 fully saturated rings. The van der Waals surface area contributed by atoms with Crippen molar-refractivity contribution in [2.45, 2.75) is 13.0 Å².